The maximum absolute atomic E-state index is 11.7. The highest BCUT2D eigenvalue weighted by molar-refractivity contribution is 5.73. The van der Waals surface area contributed by atoms with Gasteiger partial charge < -0.3 is 15.1 Å². The van der Waals surface area contributed by atoms with Crippen LogP contribution in [0.25, 0.3) is 11.4 Å². The van der Waals surface area contributed by atoms with Gasteiger partial charge in [-0.2, -0.15) is 0 Å². The van der Waals surface area contributed by atoms with Gasteiger partial charge in [-0.05, 0) is 31.5 Å². The van der Waals surface area contributed by atoms with Crippen LogP contribution in [0.15, 0.2) is 24.5 Å². The number of hydrogen-bond acceptors (Lipinski definition) is 6. The molecular formula is C19H24N6O. The minimum atomic E-state index is 0.114. The molecule has 4 rings (SSSR count). The molecule has 2 aliphatic heterocycles. The molecule has 1 N–H and O–H groups in total. The van der Waals surface area contributed by atoms with Crippen LogP contribution < -0.4 is 10.2 Å². The monoisotopic (exact) mass is 352 g/mol. The third-order valence-corrected chi connectivity index (χ3v) is 5.36. The summed E-state index contributed by atoms with van der Waals surface area (Å²) in [7, 11) is 1.89. The third-order valence-electron chi connectivity index (χ3n) is 5.36. The summed E-state index contributed by atoms with van der Waals surface area (Å²) in [4.78, 5) is 29.7. The number of likely N-dealkylation sites (N-methyl/N-ethyl adjacent to an activating group) is 1. The number of hydrogen-bond donors (Lipinski definition) is 1. The molecule has 26 heavy (non-hydrogen) atoms. The number of nitrogens with zero attached hydrogens (tertiary/aromatic N) is 5. The van der Waals surface area contributed by atoms with Gasteiger partial charge in [-0.15, -0.1) is 0 Å². The normalized spacial score (nSPS) is 19.3. The Labute approximate surface area is 153 Å². The number of rotatable bonds is 3. The van der Waals surface area contributed by atoms with E-state index in [2.05, 4.69) is 15.2 Å². The molecule has 1 amide bonds. The second-order valence-electron chi connectivity index (χ2n) is 6.98. The fourth-order valence-corrected chi connectivity index (χ4v) is 3.74. The Bertz CT molecular complexity index is 809. The van der Waals surface area contributed by atoms with Crippen molar-refractivity contribution in [1.82, 2.24) is 25.2 Å². The van der Waals surface area contributed by atoms with Crippen molar-refractivity contribution >= 4 is 11.7 Å². The minimum absolute atomic E-state index is 0.114. The minimum Gasteiger partial charge on any atom is -0.354 e. The molecule has 0 spiro atoms. The highest BCUT2D eigenvalue weighted by Crippen LogP contribution is 2.30. The molecule has 2 aliphatic rings. The summed E-state index contributed by atoms with van der Waals surface area (Å²) < 4.78 is 0. The lowest BCUT2D eigenvalue weighted by molar-refractivity contribution is -0.129. The van der Waals surface area contributed by atoms with Crippen LogP contribution in [0.1, 0.15) is 24.6 Å². The summed E-state index contributed by atoms with van der Waals surface area (Å²) in [6, 6.07) is 4.13. The Balaban J connectivity index is 1.70. The lowest BCUT2D eigenvalue weighted by Gasteiger charge is -2.27. The summed E-state index contributed by atoms with van der Waals surface area (Å²) in [5.41, 5.74) is 3.30. The van der Waals surface area contributed by atoms with E-state index in [0.29, 0.717) is 0 Å². The molecule has 1 atom stereocenters. The van der Waals surface area contributed by atoms with E-state index in [9.17, 15) is 4.79 Å². The fraction of sp³-hybridized carbons (Fsp3) is 0.474. The number of anilines is 1. The van der Waals surface area contributed by atoms with Crippen LogP contribution in [-0.2, 0) is 17.8 Å². The summed E-state index contributed by atoms with van der Waals surface area (Å²) in [6.45, 7) is 5.08. The van der Waals surface area contributed by atoms with Crippen LogP contribution in [0.2, 0.25) is 0 Å². The first kappa shape index (κ1) is 16.9. The maximum Gasteiger partial charge on any atom is 0.219 e. The van der Waals surface area contributed by atoms with Crippen molar-refractivity contribution in [2.24, 2.45) is 0 Å². The second-order valence-corrected chi connectivity index (χ2v) is 6.98. The number of fused-ring (bicyclic) bond motifs is 1. The Hall–Kier alpha value is -2.54. The zero-order valence-electron chi connectivity index (χ0n) is 15.3. The Morgan fingerprint density at radius 1 is 1.31 bits per heavy atom. The first-order chi connectivity index (χ1) is 12.6. The average molecular weight is 352 g/mol. The van der Waals surface area contributed by atoms with Gasteiger partial charge in [-0.1, -0.05) is 0 Å². The first-order valence-electron chi connectivity index (χ1n) is 9.12. The highest BCUT2D eigenvalue weighted by atomic mass is 16.2. The number of amides is 1. The molecule has 7 nitrogen and oxygen atoms in total. The van der Waals surface area contributed by atoms with E-state index in [1.54, 1.807) is 19.3 Å². The SMILES string of the molecule is CC(=O)N(C)[C@H]1CCN(c2nc(-c3ccncc3)nc3c2CCNC3)C1. The van der Waals surface area contributed by atoms with E-state index in [-0.39, 0.29) is 11.9 Å². The van der Waals surface area contributed by atoms with Gasteiger partial charge in [0.25, 0.3) is 0 Å². The Morgan fingerprint density at radius 2 is 2.12 bits per heavy atom. The van der Waals surface area contributed by atoms with Gasteiger partial charge in [0.1, 0.15) is 5.82 Å². The van der Waals surface area contributed by atoms with E-state index in [4.69, 9.17) is 9.97 Å². The molecule has 0 radical (unpaired) electrons. The highest BCUT2D eigenvalue weighted by Gasteiger charge is 2.31. The van der Waals surface area contributed by atoms with E-state index in [1.807, 2.05) is 24.1 Å². The number of carbonyl (C=O) groups excluding carboxylic acids is 1. The van der Waals surface area contributed by atoms with Gasteiger partial charge in [0, 0.05) is 57.1 Å². The van der Waals surface area contributed by atoms with Gasteiger partial charge in [0.15, 0.2) is 5.82 Å². The van der Waals surface area contributed by atoms with Crippen molar-refractivity contribution in [3.05, 3.63) is 35.8 Å². The molecule has 4 heterocycles. The van der Waals surface area contributed by atoms with Crippen LogP contribution in [0.3, 0.4) is 0 Å². The smallest absolute Gasteiger partial charge is 0.219 e. The second kappa shape index (κ2) is 6.99. The number of carbonyl (C=O) groups is 1. The molecule has 2 aromatic rings. The van der Waals surface area contributed by atoms with E-state index >= 15 is 0 Å². The van der Waals surface area contributed by atoms with Gasteiger partial charge in [-0.25, -0.2) is 9.97 Å². The summed E-state index contributed by atoms with van der Waals surface area (Å²) in [5, 5.41) is 3.41. The first-order valence-corrected chi connectivity index (χ1v) is 9.12. The lowest BCUT2D eigenvalue weighted by atomic mass is 10.1. The lowest BCUT2D eigenvalue weighted by Crippen LogP contribution is -2.38. The predicted molar refractivity (Wildman–Crippen MR) is 99.7 cm³/mol. The Kier molecular flexibility index (Phi) is 4.55. The van der Waals surface area contributed by atoms with Gasteiger partial charge in [-0.3, -0.25) is 9.78 Å². The van der Waals surface area contributed by atoms with Crippen LogP contribution in [0, 0.1) is 0 Å². The van der Waals surface area contributed by atoms with Gasteiger partial charge in [0.05, 0.1) is 11.7 Å². The Morgan fingerprint density at radius 3 is 2.88 bits per heavy atom. The fourth-order valence-electron chi connectivity index (χ4n) is 3.74. The molecule has 136 valence electrons. The number of aromatic nitrogens is 3. The van der Waals surface area contributed by atoms with E-state index < -0.39 is 0 Å². The molecule has 0 bridgehead atoms. The molecule has 7 heteroatoms. The zero-order chi connectivity index (χ0) is 18.1. The number of pyridine rings is 1. The molecule has 0 unspecified atom stereocenters. The third kappa shape index (κ3) is 3.14. The van der Waals surface area contributed by atoms with Crippen LogP contribution >= 0.6 is 0 Å². The maximum atomic E-state index is 11.7. The van der Waals surface area contributed by atoms with Crippen molar-refractivity contribution in [2.45, 2.75) is 32.4 Å². The van der Waals surface area contributed by atoms with Crippen molar-refractivity contribution in [1.29, 1.82) is 0 Å². The molecule has 0 aromatic carbocycles. The average Bonchev–Trinajstić information content (AvgIpc) is 3.17. The molecule has 2 aromatic heterocycles. The summed E-state index contributed by atoms with van der Waals surface area (Å²) in [5.74, 6) is 1.89. The van der Waals surface area contributed by atoms with E-state index in [1.165, 1.54) is 5.56 Å². The van der Waals surface area contributed by atoms with Crippen molar-refractivity contribution < 1.29 is 4.79 Å². The van der Waals surface area contributed by atoms with Gasteiger partial charge in [0.2, 0.25) is 5.91 Å². The molecule has 0 saturated carbocycles. The van der Waals surface area contributed by atoms with Gasteiger partial charge >= 0.3 is 0 Å². The molecule has 1 fully saturated rings. The standard InChI is InChI=1S/C19H24N6O/c1-13(26)24(2)15-6-10-25(12-15)19-16-5-9-21-11-17(16)22-18(23-19)14-3-7-20-8-4-14/h3-4,7-8,15,21H,5-6,9-12H2,1-2H3/t15-/m0/s1. The molecular weight excluding hydrogens is 328 g/mol. The van der Waals surface area contributed by atoms with Crippen molar-refractivity contribution in [3.63, 3.8) is 0 Å². The largest absolute Gasteiger partial charge is 0.354 e. The summed E-state index contributed by atoms with van der Waals surface area (Å²) >= 11 is 0. The quantitative estimate of drug-likeness (QED) is 0.896. The predicted octanol–water partition coefficient (Wildman–Crippen LogP) is 1.24. The zero-order valence-corrected chi connectivity index (χ0v) is 15.3. The summed E-state index contributed by atoms with van der Waals surface area (Å²) in [6.07, 6.45) is 5.44. The topological polar surface area (TPSA) is 74.2 Å². The molecule has 0 aliphatic carbocycles. The van der Waals surface area contributed by atoms with Crippen LogP contribution in [-0.4, -0.2) is 58.5 Å². The van der Waals surface area contributed by atoms with Crippen molar-refractivity contribution in [3.8, 4) is 11.4 Å². The van der Waals surface area contributed by atoms with Crippen LogP contribution in [0.5, 0.6) is 0 Å². The van der Waals surface area contributed by atoms with Crippen LogP contribution in [0.4, 0.5) is 5.82 Å². The van der Waals surface area contributed by atoms with Crippen molar-refractivity contribution in [2.75, 3.05) is 31.6 Å². The number of nitrogens with one attached hydrogen (secondary N) is 1. The van der Waals surface area contributed by atoms with E-state index in [0.717, 1.165) is 61.9 Å². The molecule has 1 saturated heterocycles.